The number of halogens is 2. The normalized spacial score (nSPS) is 11.9. The van der Waals surface area contributed by atoms with Gasteiger partial charge in [0.25, 0.3) is 0 Å². The van der Waals surface area contributed by atoms with Crippen LogP contribution in [0.1, 0.15) is 44.5 Å². The first kappa shape index (κ1) is 65.1. The van der Waals surface area contributed by atoms with Crippen molar-refractivity contribution < 1.29 is 20.1 Å². The summed E-state index contributed by atoms with van der Waals surface area (Å²) < 4.78 is 9.22. The summed E-state index contributed by atoms with van der Waals surface area (Å²) in [5.41, 5.74) is 35.7. The van der Waals surface area contributed by atoms with Crippen molar-refractivity contribution in [3.05, 3.63) is 320 Å². The average molecular weight is 1640 g/mol. The van der Waals surface area contributed by atoms with Crippen LogP contribution in [-0.4, -0.2) is 28.2 Å². The Balaban J connectivity index is 0.000000649. The summed E-state index contributed by atoms with van der Waals surface area (Å²) in [5, 5.41) is 9.90. The fourth-order valence-electron chi connectivity index (χ4n) is 15.9. The molecule has 20 aromatic rings. The molecule has 0 radical (unpaired) electrons. The molecule has 0 aliphatic rings. The molecular formula is C95H65Br2IrN6. The molecule has 0 bridgehead atoms. The van der Waals surface area contributed by atoms with Crippen LogP contribution in [0.15, 0.2) is 258 Å². The molecule has 0 amide bonds. The SMILES string of the molecule is Cc1cc(Br)c(Br)cc1C.Cc1cc2c3cc(-c4ccccc4-c4cc(-c5ccccc5-c5c[c-]c6c(c5)c5cc(C)c(C)cc5n5c7ccccc7nc65)cc(-c5ccccc5-c5c[c-]c6c(c5)c5cc(C)c(C)cc5n5c7ccccc7nc65)c4)c[c-]c3c3nc4ccccc4n3c2cc1C.[Ir+3]. The van der Waals surface area contributed by atoms with E-state index in [-0.39, 0.29) is 20.1 Å². The van der Waals surface area contributed by atoms with Crippen LogP contribution in [0.25, 0.3) is 182 Å². The molecule has 14 aromatic carbocycles. The third-order valence-corrected chi connectivity index (χ3v) is 23.6. The van der Waals surface area contributed by atoms with Crippen LogP contribution < -0.4 is 0 Å². The third kappa shape index (κ3) is 10.4. The Morgan fingerprint density at radius 3 is 0.779 bits per heavy atom. The van der Waals surface area contributed by atoms with Gasteiger partial charge in [-0.2, -0.15) is 0 Å². The molecule has 6 aromatic heterocycles. The van der Waals surface area contributed by atoms with Crippen molar-refractivity contribution in [1.29, 1.82) is 0 Å². The van der Waals surface area contributed by atoms with Gasteiger partial charge in [-0.1, -0.05) is 177 Å². The molecule has 0 saturated carbocycles. The van der Waals surface area contributed by atoms with Gasteiger partial charge in [0.2, 0.25) is 0 Å². The number of para-hydroxylation sites is 6. The molecular weight excluding hydrogens is 1580 g/mol. The number of hydrogen-bond donors (Lipinski definition) is 0. The van der Waals surface area contributed by atoms with Gasteiger partial charge in [-0.25, -0.2) is 0 Å². The number of aryl methyl sites for hydroxylation is 8. The van der Waals surface area contributed by atoms with Gasteiger partial charge in [0.05, 0.1) is 50.0 Å². The maximum Gasteiger partial charge on any atom is 3.00 e. The maximum atomic E-state index is 5.28. The minimum absolute atomic E-state index is 0. The fraction of sp³-hybridized carbons (Fsp3) is 0.0842. The fourth-order valence-corrected chi connectivity index (χ4v) is 16.8. The first-order chi connectivity index (χ1) is 50.2. The van der Waals surface area contributed by atoms with Crippen molar-refractivity contribution in [2.75, 3.05) is 0 Å². The Kier molecular flexibility index (Phi) is 15.8. The molecule has 20 rings (SSSR count). The number of pyridine rings is 3. The topological polar surface area (TPSA) is 51.9 Å². The molecule has 104 heavy (non-hydrogen) atoms. The molecule has 0 fully saturated rings. The summed E-state index contributed by atoms with van der Waals surface area (Å²) in [6, 6.07) is 103. The molecule has 0 aliphatic heterocycles. The van der Waals surface area contributed by atoms with E-state index in [2.05, 4.69) is 367 Å². The van der Waals surface area contributed by atoms with Crippen molar-refractivity contribution in [2.45, 2.75) is 55.4 Å². The molecule has 0 spiro atoms. The van der Waals surface area contributed by atoms with Crippen LogP contribution in [-0.2, 0) is 20.1 Å². The number of benzene rings is 14. The average Bonchev–Trinajstić information content (AvgIpc) is 1.49. The van der Waals surface area contributed by atoms with Gasteiger partial charge >= 0.3 is 20.1 Å². The van der Waals surface area contributed by atoms with Crippen molar-refractivity contribution >= 4 is 147 Å². The molecule has 0 N–H and O–H groups in total. The number of fused-ring (bicyclic) bond motifs is 24. The Hall–Kier alpha value is -10.9. The van der Waals surface area contributed by atoms with Crippen LogP contribution in [0, 0.1) is 73.6 Å². The zero-order valence-electron chi connectivity index (χ0n) is 58.4. The minimum atomic E-state index is 0. The van der Waals surface area contributed by atoms with Gasteiger partial charge in [-0.3, -0.25) is 15.0 Å². The van der Waals surface area contributed by atoms with Gasteiger partial charge in [0.1, 0.15) is 0 Å². The third-order valence-electron chi connectivity index (χ3n) is 21.7. The number of imidazole rings is 3. The van der Waals surface area contributed by atoms with Gasteiger partial charge in [-0.05, 0) is 266 Å². The Bertz CT molecular complexity index is 6390. The van der Waals surface area contributed by atoms with Crippen molar-refractivity contribution in [3.63, 3.8) is 0 Å². The zero-order valence-corrected chi connectivity index (χ0v) is 64.0. The molecule has 9 heteroatoms. The summed E-state index contributed by atoms with van der Waals surface area (Å²) in [5.74, 6) is 0. The van der Waals surface area contributed by atoms with Crippen LogP contribution in [0.5, 0.6) is 0 Å². The smallest absolute Gasteiger partial charge is 0.333 e. The van der Waals surface area contributed by atoms with Crippen molar-refractivity contribution in [1.82, 2.24) is 28.2 Å². The van der Waals surface area contributed by atoms with Gasteiger partial charge in [0, 0.05) is 25.5 Å². The van der Waals surface area contributed by atoms with Crippen LogP contribution >= 0.6 is 31.9 Å². The second-order valence-corrected chi connectivity index (χ2v) is 29.7. The first-order valence-electron chi connectivity index (χ1n) is 35.0. The van der Waals surface area contributed by atoms with Crippen LogP contribution in [0.4, 0.5) is 0 Å². The monoisotopic (exact) mass is 1640 g/mol. The molecule has 0 unspecified atom stereocenters. The minimum Gasteiger partial charge on any atom is -0.333 e. The Morgan fingerprint density at radius 2 is 0.490 bits per heavy atom. The Morgan fingerprint density at radius 1 is 0.250 bits per heavy atom. The van der Waals surface area contributed by atoms with Crippen molar-refractivity contribution in [2.24, 2.45) is 0 Å². The Labute approximate surface area is 632 Å². The predicted octanol–water partition coefficient (Wildman–Crippen LogP) is 26.1. The van der Waals surface area contributed by atoms with E-state index < -0.39 is 0 Å². The summed E-state index contributed by atoms with van der Waals surface area (Å²) in [6.45, 7) is 17.5. The molecule has 0 atom stereocenters. The van der Waals surface area contributed by atoms with E-state index in [0.717, 1.165) is 175 Å². The number of rotatable bonds is 6. The summed E-state index contributed by atoms with van der Waals surface area (Å²) in [6.07, 6.45) is 0. The zero-order chi connectivity index (χ0) is 69.8. The maximum absolute atomic E-state index is 5.28. The molecule has 0 aliphatic carbocycles. The van der Waals surface area contributed by atoms with Gasteiger partial charge in [-0.15, -0.1) is 70.8 Å². The van der Waals surface area contributed by atoms with E-state index in [9.17, 15) is 0 Å². The molecule has 6 heterocycles. The number of nitrogens with zero attached hydrogens (tertiary/aromatic N) is 6. The second-order valence-electron chi connectivity index (χ2n) is 28.0. The largest absolute Gasteiger partial charge is 3.00 e. The van der Waals surface area contributed by atoms with E-state index in [1.165, 1.54) is 60.7 Å². The van der Waals surface area contributed by atoms with Crippen LogP contribution in [0.3, 0.4) is 0 Å². The molecule has 0 saturated heterocycles. The van der Waals surface area contributed by atoms with E-state index in [4.69, 9.17) is 15.0 Å². The second kappa shape index (κ2) is 25.2. The summed E-state index contributed by atoms with van der Waals surface area (Å²) in [7, 11) is 0. The molecule has 6 nitrogen and oxygen atoms in total. The van der Waals surface area contributed by atoms with E-state index in [1.807, 2.05) is 0 Å². The van der Waals surface area contributed by atoms with E-state index in [0.29, 0.717) is 0 Å². The van der Waals surface area contributed by atoms with Gasteiger partial charge in [0.15, 0.2) is 0 Å². The van der Waals surface area contributed by atoms with Crippen LogP contribution in [0.2, 0.25) is 0 Å². The summed E-state index contributed by atoms with van der Waals surface area (Å²) >= 11 is 6.87. The molecule has 498 valence electrons. The van der Waals surface area contributed by atoms with Gasteiger partial charge < -0.3 is 13.2 Å². The van der Waals surface area contributed by atoms with Crippen molar-refractivity contribution in [3.8, 4) is 66.8 Å². The number of hydrogen-bond acceptors (Lipinski definition) is 3. The predicted molar refractivity (Wildman–Crippen MR) is 439 cm³/mol. The quantitative estimate of drug-likeness (QED) is 0.123. The van der Waals surface area contributed by atoms with E-state index >= 15 is 0 Å². The standard InChI is InChI=1S/C87H57N6.C8H8Br2.Ir/c1-49-37-73-70-46-55(31-34-67(70)85-88-76-25-13-16-28-79(76)91(85)82(73)40-52(49)4)61-19-7-10-22-64(61)58-43-59(65-23-11-8-20-62(65)56-32-35-68-71(47-56)74-38-50(2)53(5)41-83(74)92-80-29-17-14-26-77(80)89-86(68)92)45-60(44-58)66-24-12-9-21-63(66)57-33-36-69-72(48-57)75-39-51(3)54(6)42-84(75)93-81-30-18-15-27-78(81)90-87(69)93;1-5-3-7(9)8(10)4-6(5)2;/h7-33,37-48H,1-6H3;3-4H,1-2H3;/q-3;;+3. The summed E-state index contributed by atoms with van der Waals surface area (Å²) in [4.78, 5) is 15.8. The van der Waals surface area contributed by atoms with E-state index in [1.54, 1.807) is 0 Å². The number of aromatic nitrogens is 6. The first-order valence-corrected chi connectivity index (χ1v) is 36.6.